The van der Waals surface area contributed by atoms with Crippen LogP contribution in [0.3, 0.4) is 0 Å². The predicted octanol–water partition coefficient (Wildman–Crippen LogP) is 5.62. The summed E-state index contributed by atoms with van der Waals surface area (Å²) in [5.74, 6) is 2.17. The Hall–Kier alpha value is -4.42. The molecule has 3 aromatic heterocycles. The summed E-state index contributed by atoms with van der Waals surface area (Å²) in [6, 6.07) is 19.3. The molecule has 0 atom stereocenters. The van der Waals surface area contributed by atoms with E-state index >= 15 is 0 Å². The lowest BCUT2D eigenvalue weighted by Gasteiger charge is -2.10. The van der Waals surface area contributed by atoms with E-state index in [2.05, 4.69) is 31.9 Å². The van der Waals surface area contributed by atoms with Crippen LogP contribution in [-0.2, 0) is 6.42 Å². The second-order valence-electron chi connectivity index (χ2n) is 8.43. The topological polar surface area (TPSA) is 120 Å². The van der Waals surface area contributed by atoms with Crippen LogP contribution in [0, 0.1) is 11.3 Å². The van der Waals surface area contributed by atoms with E-state index in [-0.39, 0.29) is 0 Å². The molecule has 1 aliphatic carbocycles. The minimum Gasteiger partial charge on any atom is -0.324 e. The van der Waals surface area contributed by atoms with Crippen molar-refractivity contribution < 1.29 is 0 Å². The Balaban J connectivity index is 1.41. The van der Waals surface area contributed by atoms with Crippen LogP contribution in [-0.4, -0.2) is 29.7 Å². The van der Waals surface area contributed by atoms with E-state index in [9.17, 15) is 0 Å². The fourth-order valence-electron chi connectivity index (χ4n) is 3.91. The van der Waals surface area contributed by atoms with Gasteiger partial charge in [0.05, 0.1) is 18.2 Å². The quantitative estimate of drug-likeness (QED) is 0.276. The van der Waals surface area contributed by atoms with Crippen LogP contribution < -0.4 is 10.6 Å². The zero-order valence-corrected chi connectivity index (χ0v) is 19.3. The Morgan fingerprint density at radius 1 is 1.09 bits per heavy atom. The first-order valence-electron chi connectivity index (χ1n) is 11.2. The van der Waals surface area contributed by atoms with Crippen molar-refractivity contribution in [1.29, 1.82) is 5.26 Å². The number of nitrogens with zero attached hydrogens (tertiary/aromatic N) is 6. The van der Waals surface area contributed by atoms with Crippen LogP contribution >= 0.6 is 11.6 Å². The average Bonchev–Trinajstić information content (AvgIpc) is 3.45. The molecule has 0 saturated heterocycles. The molecule has 9 nitrogen and oxygen atoms in total. The van der Waals surface area contributed by atoms with Crippen LogP contribution in [0.2, 0.25) is 5.02 Å². The summed E-state index contributed by atoms with van der Waals surface area (Å²) < 4.78 is 1.87. The monoisotopic (exact) mass is 481 g/mol. The van der Waals surface area contributed by atoms with Gasteiger partial charge in [-0.15, -0.1) is 0 Å². The molecule has 6 rings (SSSR count). The maximum absolute atomic E-state index is 8.91. The van der Waals surface area contributed by atoms with Crippen molar-refractivity contribution in [2.45, 2.75) is 25.2 Å². The van der Waals surface area contributed by atoms with Gasteiger partial charge in [-0.1, -0.05) is 29.8 Å². The van der Waals surface area contributed by atoms with Gasteiger partial charge >= 0.3 is 0 Å². The molecule has 0 amide bonds. The molecule has 3 heterocycles. The number of hydrogen-bond acceptors (Lipinski definition) is 7. The molecule has 35 heavy (non-hydrogen) atoms. The van der Waals surface area contributed by atoms with Gasteiger partial charge in [-0.2, -0.15) is 20.3 Å². The number of anilines is 4. The van der Waals surface area contributed by atoms with Crippen molar-refractivity contribution in [2.75, 3.05) is 10.6 Å². The number of aromatic nitrogens is 6. The fourth-order valence-corrected chi connectivity index (χ4v) is 4.09. The summed E-state index contributed by atoms with van der Waals surface area (Å²) in [7, 11) is 0. The SMILES string of the molecule is N#CCc1ccc(Nc2nc(Nc3cc(C4CC4)[nH]n3)c3ncn(-c4cccc(Cl)c4)c3n2)cc1. The van der Waals surface area contributed by atoms with E-state index in [0.29, 0.717) is 46.1 Å². The zero-order valence-electron chi connectivity index (χ0n) is 18.5. The summed E-state index contributed by atoms with van der Waals surface area (Å²) in [6.07, 6.45) is 4.44. The normalized spacial score (nSPS) is 13.0. The Morgan fingerprint density at radius 2 is 1.94 bits per heavy atom. The molecule has 0 unspecified atom stereocenters. The van der Waals surface area contributed by atoms with Gasteiger partial charge in [0.2, 0.25) is 5.95 Å². The molecule has 3 N–H and O–H groups in total. The van der Waals surface area contributed by atoms with Gasteiger partial charge in [-0.25, -0.2) is 4.98 Å². The van der Waals surface area contributed by atoms with E-state index < -0.39 is 0 Å². The van der Waals surface area contributed by atoms with Gasteiger partial charge in [0.15, 0.2) is 22.8 Å². The summed E-state index contributed by atoms with van der Waals surface area (Å²) in [5, 5.41) is 23.6. The number of rotatable bonds is 7. The lowest BCUT2D eigenvalue weighted by Crippen LogP contribution is -2.04. The van der Waals surface area contributed by atoms with E-state index in [1.54, 1.807) is 6.33 Å². The first-order valence-corrected chi connectivity index (χ1v) is 11.6. The average molecular weight is 482 g/mol. The molecule has 1 saturated carbocycles. The standard InChI is InChI=1S/C25H20ClN9/c26-17-2-1-3-19(12-17)35-14-28-22-23(30-21-13-20(33-34-21)16-6-7-16)31-25(32-24(22)35)29-18-8-4-15(5-9-18)10-11-27/h1-5,8-9,12-14,16H,6-7,10H2,(H3,29,30,31,32,33,34). The highest BCUT2D eigenvalue weighted by Gasteiger charge is 2.26. The number of aromatic amines is 1. The molecular formula is C25H20ClN9. The van der Waals surface area contributed by atoms with Crippen LogP contribution in [0.15, 0.2) is 60.9 Å². The van der Waals surface area contributed by atoms with Gasteiger partial charge < -0.3 is 10.6 Å². The third-order valence-corrected chi connectivity index (χ3v) is 6.07. The third-order valence-electron chi connectivity index (χ3n) is 5.84. The maximum Gasteiger partial charge on any atom is 0.231 e. The van der Waals surface area contributed by atoms with E-state index in [4.69, 9.17) is 26.8 Å². The van der Waals surface area contributed by atoms with Crippen LogP contribution in [0.4, 0.5) is 23.3 Å². The smallest absolute Gasteiger partial charge is 0.231 e. The zero-order chi connectivity index (χ0) is 23.8. The van der Waals surface area contributed by atoms with Crippen LogP contribution in [0.25, 0.3) is 16.9 Å². The highest BCUT2D eigenvalue weighted by molar-refractivity contribution is 6.30. The number of H-pyrrole nitrogens is 1. The minimum absolute atomic E-state index is 0.363. The second kappa shape index (κ2) is 8.74. The van der Waals surface area contributed by atoms with Gasteiger partial charge in [0.25, 0.3) is 0 Å². The van der Waals surface area contributed by atoms with Crippen LogP contribution in [0.1, 0.15) is 30.0 Å². The molecule has 172 valence electrons. The molecule has 0 aliphatic heterocycles. The van der Waals surface area contributed by atoms with E-state index in [1.807, 2.05) is 59.2 Å². The molecule has 10 heteroatoms. The highest BCUT2D eigenvalue weighted by Crippen LogP contribution is 2.40. The number of benzene rings is 2. The van der Waals surface area contributed by atoms with E-state index in [1.165, 1.54) is 12.8 Å². The van der Waals surface area contributed by atoms with Gasteiger partial charge in [-0.3, -0.25) is 9.67 Å². The number of hydrogen-bond donors (Lipinski definition) is 3. The minimum atomic E-state index is 0.363. The molecular weight excluding hydrogens is 462 g/mol. The summed E-state index contributed by atoms with van der Waals surface area (Å²) in [4.78, 5) is 14.0. The number of nitriles is 1. The Morgan fingerprint density at radius 3 is 2.71 bits per heavy atom. The number of nitrogens with one attached hydrogen (secondary N) is 3. The first-order chi connectivity index (χ1) is 17.2. The summed E-state index contributed by atoms with van der Waals surface area (Å²) >= 11 is 6.24. The Labute approximate surface area is 205 Å². The summed E-state index contributed by atoms with van der Waals surface area (Å²) in [6.45, 7) is 0. The Kier molecular flexibility index (Phi) is 5.28. The van der Waals surface area contributed by atoms with Gasteiger partial charge in [-0.05, 0) is 48.7 Å². The molecule has 0 spiro atoms. The number of imidazole rings is 1. The maximum atomic E-state index is 8.91. The number of fused-ring (bicyclic) bond motifs is 1. The Bertz CT molecular complexity index is 1560. The van der Waals surface area contributed by atoms with Crippen molar-refractivity contribution >= 4 is 46.0 Å². The molecule has 0 radical (unpaired) electrons. The highest BCUT2D eigenvalue weighted by atomic mass is 35.5. The van der Waals surface area contributed by atoms with Gasteiger partial charge in [0.1, 0.15) is 6.33 Å². The number of halogens is 1. The van der Waals surface area contributed by atoms with Crippen molar-refractivity contribution in [3.8, 4) is 11.8 Å². The van der Waals surface area contributed by atoms with Crippen molar-refractivity contribution in [2.24, 2.45) is 0 Å². The lowest BCUT2D eigenvalue weighted by molar-refractivity contribution is 0.966. The fraction of sp³-hybridized carbons (Fsp3) is 0.160. The lowest BCUT2D eigenvalue weighted by atomic mass is 10.1. The largest absolute Gasteiger partial charge is 0.324 e. The van der Waals surface area contributed by atoms with Crippen molar-refractivity contribution in [3.63, 3.8) is 0 Å². The molecule has 0 bridgehead atoms. The predicted molar refractivity (Wildman–Crippen MR) is 135 cm³/mol. The molecule has 1 fully saturated rings. The van der Waals surface area contributed by atoms with E-state index in [0.717, 1.165) is 22.6 Å². The summed E-state index contributed by atoms with van der Waals surface area (Å²) in [5.41, 5.74) is 4.94. The van der Waals surface area contributed by atoms with Gasteiger partial charge in [0, 0.05) is 28.4 Å². The van der Waals surface area contributed by atoms with Crippen LogP contribution in [0.5, 0.6) is 0 Å². The molecule has 2 aromatic carbocycles. The third kappa shape index (κ3) is 4.39. The molecule has 5 aromatic rings. The van der Waals surface area contributed by atoms with Crippen molar-refractivity contribution in [3.05, 3.63) is 77.2 Å². The second-order valence-corrected chi connectivity index (χ2v) is 8.86. The molecule has 1 aliphatic rings. The van der Waals surface area contributed by atoms with Crippen molar-refractivity contribution in [1.82, 2.24) is 29.7 Å². The first kappa shape index (κ1) is 21.1.